The lowest BCUT2D eigenvalue weighted by Crippen LogP contribution is -2.52. The number of para-hydroxylation sites is 2. The van der Waals surface area contributed by atoms with Crippen LogP contribution < -0.4 is 14.8 Å². The van der Waals surface area contributed by atoms with Crippen molar-refractivity contribution in [1.82, 2.24) is 10.2 Å². The fraction of sp³-hybridized carbons (Fsp3) is 0.650. The molecular weight excluding hydrogens is 316 g/mol. The highest BCUT2D eigenvalue weighted by Gasteiger charge is 2.29. The van der Waals surface area contributed by atoms with Crippen molar-refractivity contribution in [1.29, 1.82) is 0 Å². The molecule has 4 unspecified atom stereocenters. The summed E-state index contributed by atoms with van der Waals surface area (Å²) in [6, 6.07) is 7.84. The van der Waals surface area contributed by atoms with E-state index in [2.05, 4.69) is 12.2 Å². The van der Waals surface area contributed by atoms with Gasteiger partial charge in [0.25, 0.3) is 0 Å². The highest BCUT2D eigenvalue weighted by Crippen LogP contribution is 2.31. The fourth-order valence-corrected chi connectivity index (χ4v) is 3.67. The van der Waals surface area contributed by atoms with E-state index in [4.69, 9.17) is 9.47 Å². The Morgan fingerprint density at radius 1 is 1.28 bits per heavy atom. The van der Waals surface area contributed by atoms with E-state index in [1.54, 1.807) is 0 Å². The molecule has 1 aromatic rings. The van der Waals surface area contributed by atoms with Crippen molar-refractivity contribution < 1.29 is 14.3 Å². The van der Waals surface area contributed by atoms with E-state index in [1.165, 1.54) is 19.3 Å². The molecular formula is C20H30N2O3. The Morgan fingerprint density at radius 3 is 2.76 bits per heavy atom. The number of amides is 1. The molecule has 1 N–H and O–H groups in total. The Labute approximate surface area is 150 Å². The van der Waals surface area contributed by atoms with Crippen LogP contribution in [-0.2, 0) is 4.79 Å². The molecule has 1 aliphatic heterocycles. The molecule has 3 rings (SSSR count). The van der Waals surface area contributed by atoms with Crippen molar-refractivity contribution in [3.63, 3.8) is 0 Å². The van der Waals surface area contributed by atoms with E-state index in [0.29, 0.717) is 25.1 Å². The van der Waals surface area contributed by atoms with Crippen LogP contribution in [0.15, 0.2) is 24.3 Å². The van der Waals surface area contributed by atoms with Crippen LogP contribution in [0.3, 0.4) is 0 Å². The Morgan fingerprint density at radius 2 is 2.00 bits per heavy atom. The van der Waals surface area contributed by atoms with Crippen molar-refractivity contribution >= 4 is 5.91 Å². The molecule has 1 fully saturated rings. The summed E-state index contributed by atoms with van der Waals surface area (Å²) in [5, 5.41) is 3.25. The van der Waals surface area contributed by atoms with Crippen molar-refractivity contribution in [2.45, 2.75) is 57.7 Å². The number of ether oxygens (including phenoxy) is 2. The van der Waals surface area contributed by atoms with E-state index < -0.39 is 0 Å². The molecule has 0 saturated heterocycles. The summed E-state index contributed by atoms with van der Waals surface area (Å²) >= 11 is 0. The largest absolute Gasteiger partial charge is 0.486 e. The minimum atomic E-state index is -0.185. The summed E-state index contributed by atoms with van der Waals surface area (Å²) in [6.45, 7) is 5.36. The van der Waals surface area contributed by atoms with Crippen LogP contribution in [0.1, 0.15) is 39.5 Å². The van der Waals surface area contributed by atoms with E-state index in [9.17, 15) is 4.79 Å². The van der Waals surface area contributed by atoms with Crippen molar-refractivity contribution in [3.05, 3.63) is 24.3 Å². The molecule has 0 spiro atoms. The third-order valence-corrected chi connectivity index (χ3v) is 5.54. The van der Waals surface area contributed by atoms with Gasteiger partial charge in [-0.2, -0.15) is 0 Å². The fourth-order valence-electron chi connectivity index (χ4n) is 3.67. The van der Waals surface area contributed by atoms with Gasteiger partial charge in [-0.3, -0.25) is 9.69 Å². The SMILES string of the molecule is CC1CCCCC1NC(=O)C(C)N(C)CC1COc2ccccc2O1. The average Bonchev–Trinajstić information content (AvgIpc) is 2.62. The summed E-state index contributed by atoms with van der Waals surface area (Å²) in [6.07, 6.45) is 4.74. The zero-order chi connectivity index (χ0) is 17.8. The van der Waals surface area contributed by atoms with Gasteiger partial charge < -0.3 is 14.8 Å². The zero-order valence-corrected chi connectivity index (χ0v) is 15.5. The molecule has 1 amide bonds. The topological polar surface area (TPSA) is 50.8 Å². The maximum Gasteiger partial charge on any atom is 0.237 e. The molecule has 0 aromatic heterocycles. The maximum atomic E-state index is 12.6. The third-order valence-electron chi connectivity index (χ3n) is 5.54. The van der Waals surface area contributed by atoms with Gasteiger partial charge in [-0.1, -0.05) is 31.9 Å². The number of nitrogens with zero attached hydrogens (tertiary/aromatic N) is 1. The molecule has 1 aromatic carbocycles. The summed E-state index contributed by atoms with van der Waals surface area (Å²) in [7, 11) is 1.97. The van der Waals surface area contributed by atoms with E-state index in [1.807, 2.05) is 43.1 Å². The van der Waals surface area contributed by atoms with Gasteiger partial charge in [0.1, 0.15) is 12.7 Å². The van der Waals surface area contributed by atoms with Crippen LogP contribution in [0.25, 0.3) is 0 Å². The first kappa shape index (κ1) is 18.1. The predicted octanol–water partition coefficient (Wildman–Crippen LogP) is 2.84. The lowest BCUT2D eigenvalue weighted by atomic mass is 9.86. The molecule has 1 aliphatic carbocycles. The first-order valence-electron chi connectivity index (χ1n) is 9.43. The summed E-state index contributed by atoms with van der Waals surface area (Å²) < 4.78 is 11.8. The lowest BCUT2D eigenvalue weighted by Gasteiger charge is -2.34. The van der Waals surface area contributed by atoms with Crippen LogP contribution >= 0.6 is 0 Å². The number of hydrogen-bond acceptors (Lipinski definition) is 4. The highest BCUT2D eigenvalue weighted by atomic mass is 16.6. The second-order valence-electron chi connectivity index (χ2n) is 7.49. The Kier molecular flexibility index (Phi) is 5.84. The molecule has 5 nitrogen and oxygen atoms in total. The minimum Gasteiger partial charge on any atom is -0.486 e. The van der Waals surface area contributed by atoms with Gasteiger partial charge in [-0.25, -0.2) is 0 Å². The zero-order valence-electron chi connectivity index (χ0n) is 15.5. The van der Waals surface area contributed by atoms with Crippen LogP contribution in [0.2, 0.25) is 0 Å². The normalized spacial score (nSPS) is 27.0. The van der Waals surface area contributed by atoms with Crippen molar-refractivity contribution in [2.24, 2.45) is 5.92 Å². The monoisotopic (exact) mass is 346 g/mol. The number of carbonyl (C=O) groups is 1. The van der Waals surface area contributed by atoms with Crippen LogP contribution in [0.5, 0.6) is 11.5 Å². The average molecular weight is 346 g/mol. The standard InChI is InChI=1S/C20H30N2O3/c1-14-8-4-5-9-17(14)21-20(23)15(2)22(3)12-16-13-24-18-10-6-7-11-19(18)25-16/h6-7,10-11,14-17H,4-5,8-9,12-13H2,1-3H3,(H,21,23). The smallest absolute Gasteiger partial charge is 0.237 e. The molecule has 25 heavy (non-hydrogen) atoms. The number of rotatable bonds is 5. The minimum absolute atomic E-state index is 0.0660. The van der Waals surface area contributed by atoms with Gasteiger partial charge in [0.2, 0.25) is 5.91 Å². The maximum absolute atomic E-state index is 12.6. The van der Waals surface area contributed by atoms with Crippen molar-refractivity contribution in [3.8, 4) is 11.5 Å². The molecule has 1 saturated carbocycles. The van der Waals surface area contributed by atoms with Crippen LogP contribution in [-0.4, -0.2) is 49.2 Å². The van der Waals surface area contributed by atoms with E-state index in [-0.39, 0.29) is 18.1 Å². The number of hydrogen-bond donors (Lipinski definition) is 1. The number of benzene rings is 1. The second-order valence-corrected chi connectivity index (χ2v) is 7.49. The van der Waals surface area contributed by atoms with E-state index in [0.717, 1.165) is 17.9 Å². The molecule has 0 bridgehead atoms. The number of carbonyl (C=O) groups excluding carboxylic acids is 1. The molecule has 0 radical (unpaired) electrons. The van der Waals surface area contributed by atoms with Gasteiger partial charge in [-0.15, -0.1) is 0 Å². The first-order valence-corrected chi connectivity index (χ1v) is 9.43. The predicted molar refractivity (Wildman–Crippen MR) is 98.0 cm³/mol. The molecule has 2 aliphatic rings. The number of likely N-dealkylation sites (N-methyl/N-ethyl adjacent to an activating group) is 1. The number of fused-ring (bicyclic) bond motifs is 1. The second kappa shape index (κ2) is 8.09. The van der Waals surface area contributed by atoms with Crippen LogP contribution in [0.4, 0.5) is 0 Å². The molecule has 4 atom stereocenters. The van der Waals surface area contributed by atoms with E-state index >= 15 is 0 Å². The Bertz CT molecular complexity index is 592. The quantitative estimate of drug-likeness (QED) is 0.891. The van der Waals surface area contributed by atoms with Gasteiger partial charge in [0.05, 0.1) is 6.04 Å². The van der Waals surface area contributed by atoms with Crippen LogP contribution in [0, 0.1) is 5.92 Å². The molecule has 1 heterocycles. The van der Waals surface area contributed by atoms with Gasteiger partial charge in [0.15, 0.2) is 11.5 Å². The van der Waals surface area contributed by atoms with Gasteiger partial charge >= 0.3 is 0 Å². The van der Waals surface area contributed by atoms with Crippen molar-refractivity contribution in [2.75, 3.05) is 20.2 Å². The summed E-state index contributed by atoms with van der Waals surface area (Å²) in [4.78, 5) is 14.7. The molecule has 138 valence electrons. The molecule has 5 heteroatoms. The highest BCUT2D eigenvalue weighted by molar-refractivity contribution is 5.81. The first-order chi connectivity index (χ1) is 12.0. The summed E-state index contributed by atoms with van der Waals surface area (Å²) in [5.41, 5.74) is 0. The number of nitrogens with one attached hydrogen (secondary N) is 1. The van der Waals surface area contributed by atoms with Gasteiger partial charge in [0, 0.05) is 12.6 Å². The van der Waals surface area contributed by atoms with Gasteiger partial charge in [-0.05, 0) is 44.9 Å². The summed E-state index contributed by atoms with van der Waals surface area (Å²) in [5.74, 6) is 2.25. The lowest BCUT2D eigenvalue weighted by molar-refractivity contribution is -0.127. The third kappa shape index (κ3) is 4.46. The Hall–Kier alpha value is -1.75. The Balaban J connectivity index is 1.50.